The average molecular weight is 183 g/mol. The predicted molar refractivity (Wildman–Crippen MR) is 50.2 cm³/mol. The van der Waals surface area contributed by atoms with Crippen molar-refractivity contribution in [3.8, 4) is 0 Å². The topological polar surface area (TPSA) is 28.7 Å². The fourth-order valence-electron chi connectivity index (χ4n) is 1.40. The Hall–Kier alpha value is -0.760. The van der Waals surface area contributed by atoms with Gasteiger partial charge in [-0.2, -0.15) is 0 Å². The third-order valence-electron chi connectivity index (χ3n) is 2.07. The van der Waals surface area contributed by atoms with E-state index in [-0.39, 0.29) is 5.38 Å². The van der Waals surface area contributed by atoms with Crippen LogP contribution in [-0.2, 0) is 6.42 Å². The number of aryl methyl sites for hydroxylation is 1. The summed E-state index contributed by atoms with van der Waals surface area (Å²) in [6.45, 7) is 2.08. The molecule has 1 aromatic heterocycles. The Kier molecular flexibility index (Phi) is 1.93. The molecule has 0 spiro atoms. The highest BCUT2D eigenvalue weighted by atomic mass is 35.5. The number of rotatable bonds is 1. The van der Waals surface area contributed by atoms with E-state index in [4.69, 9.17) is 11.6 Å². The molecule has 1 aliphatic rings. The second-order valence-electron chi connectivity index (χ2n) is 2.94. The third kappa shape index (κ3) is 1.16. The second kappa shape index (κ2) is 2.94. The third-order valence-corrected chi connectivity index (χ3v) is 2.45. The minimum Gasteiger partial charge on any atom is -0.342 e. The van der Waals surface area contributed by atoms with Crippen molar-refractivity contribution < 1.29 is 0 Å². The van der Waals surface area contributed by atoms with Crippen LogP contribution in [0.1, 0.15) is 35.9 Å². The van der Waals surface area contributed by atoms with E-state index in [9.17, 15) is 0 Å². The molecule has 0 aliphatic heterocycles. The van der Waals surface area contributed by atoms with Gasteiger partial charge in [0.15, 0.2) is 0 Å². The number of nitrogens with zero attached hydrogens (tertiary/aromatic N) is 1. The van der Waals surface area contributed by atoms with Gasteiger partial charge in [0.05, 0.1) is 16.8 Å². The van der Waals surface area contributed by atoms with Crippen LogP contribution in [0.15, 0.2) is 6.08 Å². The number of fused-ring (bicyclic) bond motifs is 1. The van der Waals surface area contributed by atoms with E-state index in [0.29, 0.717) is 0 Å². The number of H-pyrrole nitrogens is 1. The number of hydrogen-bond donors (Lipinski definition) is 1. The fourth-order valence-corrected chi connectivity index (χ4v) is 1.67. The number of halogens is 1. The van der Waals surface area contributed by atoms with Crippen LogP contribution in [0.25, 0.3) is 6.08 Å². The molecule has 1 aliphatic carbocycles. The number of allylic oxidation sites excluding steroid dienone is 1. The summed E-state index contributed by atoms with van der Waals surface area (Å²) < 4.78 is 0. The SMILES string of the molecule is CCc1nc2c([nH]1)C=CCC2Cl. The molecule has 64 valence electrons. The lowest BCUT2D eigenvalue weighted by Crippen LogP contribution is -1.96. The largest absolute Gasteiger partial charge is 0.342 e. The molecule has 0 saturated carbocycles. The van der Waals surface area contributed by atoms with Gasteiger partial charge in [0.25, 0.3) is 0 Å². The van der Waals surface area contributed by atoms with E-state index in [1.165, 1.54) is 0 Å². The van der Waals surface area contributed by atoms with E-state index in [1.54, 1.807) is 0 Å². The first-order chi connectivity index (χ1) is 5.81. The van der Waals surface area contributed by atoms with Gasteiger partial charge in [-0.15, -0.1) is 11.6 Å². The standard InChI is InChI=1S/C9H11ClN2/c1-2-8-11-7-5-3-4-6(10)9(7)12-8/h3,5-6H,2,4H2,1H3,(H,11,12). The summed E-state index contributed by atoms with van der Waals surface area (Å²) in [6.07, 6.45) is 5.96. The molecule has 3 heteroatoms. The van der Waals surface area contributed by atoms with Crippen LogP contribution in [-0.4, -0.2) is 9.97 Å². The van der Waals surface area contributed by atoms with Crippen molar-refractivity contribution in [1.82, 2.24) is 9.97 Å². The molecular formula is C9H11ClN2. The van der Waals surface area contributed by atoms with Crippen molar-refractivity contribution in [2.75, 3.05) is 0 Å². The smallest absolute Gasteiger partial charge is 0.106 e. The Bertz CT molecular complexity index is 314. The molecule has 0 amide bonds. The predicted octanol–water partition coefficient (Wildman–Crippen LogP) is 2.67. The van der Waals surface area contributed by atoms with Crippen LogP contribution in [0.5, 0.6) is 0 Å². The van der Waals surface area contributed by atoms with E-state index >= 15 is 0 Å². The van der Waals surface area contributed by atoms with Gasteiger partial charge in [0, 0.05) is 6.42 Å². The quantitative estimate of drug-likeness (QED) is 0.665. The summed E-state index contributed by atoms with van der Waals surface area (Å²) in [5.74, 6) is 1.03. The number of imidazole rings is 1. The molecule has 0 saturated heterocycles. The molecule has 1 aromatic rings. The molecular weight excluding hydrogens is 172 g/mol. The van der Waals surface area contributed by atoms with Crippen molar-refractivity contribution in [2.24, 2.45) is 0 Å². The van der Waals surface area contributed by atoms with Crippen molar-refractivity contribution in [1.29, 1.82) is 0 Å². The van der Waals surface area contributed by atoms with Crippen molar-refractivity contribution in [3.63, 3.8) is 0 Å². The minimum absolute atomic E-state index is 0.0570. The lowest BCUT2D eigenvalue weighted by molar-refractivity contribution is 0.890. The van der Waals surface area contributed by atoms with Crippen molar-refractivity contribution >= 4 is 17.7 Å². The molecule has 0 bridgehead atoms. The second-order valence-corrected chi connectivity index (χ2v) is 3.47. The summed E-state index contributed by atoms with van der Waals surface area (Å²) in [7, 11) is 0. The Morgan fingerprint density at radius 3 is 3.25 bits per heavy atom. The van der Waals surface area contributed by atoms with Gasteiger partial charge >= 0.3 is 0 Å². The molecule has 2 rings (SSSR count). The highest BCUT2D eigenvalue weighted by molar-refractivity contribution is 6.21. The maximum Gasteiger partial charge on any atom is 0.106 e. The normalized spacial score (nSPS) is 21.0. The molecule has 0 aromatic carbocycles. The number of nitrogens with one attached hydrogen (secondary N) is 1. The Balaban J connectivity index is 2.45. The maximum absolute atomic E-state index is 6.08. The first-order valence-corrected chi connectivity index (χ1v) is 4.64. The highest BCUT2D eigenvalue weighted by Gasteiger charge is 2.18. The monoisotopic (exact) mass is 182 g/mol. The van der Waals surface area contributed by atoms with Gasteiger partial charge in [-0.25, -0.2) is 4.98 Å². The molecule has 2 nitrogen and oxygen atoms in total. The van der Waals surface area contributed by atoms with Crippen LogP contribution in [0.3, 0.4) is 0 Å². The number of hydrogen-bond acceptors (Lipinski definition) is 1. The van der Waals surface area contributed by atoms with Gasteiger partial charge in [0.2, 0.25) is 0 Å². The zero-order valence-corrected chi connectivity index (χ0v) is 7.73. The van der Waals surface area contributed by atoms with Crippen LogP contribution < -0.4 is 0 Å². The summed E-state index contributed by atoms with van der Waals surface area (Å²) in [6, 6.07) is 0. The van der Waals surface area contributed by atoms with Gasteiger partial charge < -0.3 is 4.98 Å². The molecule has 12 heavy (non-hydrogen) atoms. The molecule has 0 fully saturated rings. The number of alkyl halides is 1. The first kappa shape index (κ1) is 7.87. The van der Waals surface area contributed by atoms with Crippen molar-refractivity contribution in [3.05, 3.63) is 23.3 Å². The highest BCUT2D eigenvalue weighted by Crippen LogP contribution is 2.30. The molecule has 1 N–H and O–H groups in total. The van der Waals surface area contributed by atoms with Crippen LogP contribution in [0, 0.1) is 0 Å². The average Bonchev–Trinajstić information content (AvgIpc) is 2.49. The van der Waals surface area contributed by atoms with Gasteiger partial charge in [-0.1, -0.05) is 13.0 Å². The summed E-state index contributed by atoms with van der Waals surface area (Å²) in [5.41, 5.74) is 2.09. The zero-order valence-electron chi connectivity index (χ0n) is 6.97. The maximum atomic E-state index is 6.08. The molecule has 1 atom stereocenters. The van der Waals surface area contributed by atoms with E-state index < -0.39 is 0 Å². The number of aromatic amines is 1. The summed E-state index contributed by atoms with van der Waals surface area (Å²) >= 11 is 6.08. The van der Waals surface area contributed by atoms with E-state index in [0.717, 1.165) is 30.1 Å². The van der Waals surface area contributed by atoms with Crippen LogP contribution in [0.4, 0.5) is 0 Å². The summed E-state index contributed by atoms with van der Waals surface area (Å²) in [5, 5.41) is 0.0570. The van der Waals surface area contributed by atoms with Gasteiger partial charge in [0.1, 0.15) is 5.82 Å². The minimum atomic E-state index is 0.0570. The first-order valence-electron chi connectivity index (χ1n) is 4.20. The molecule has 1 heterocycles. The molecule has 1 unspecified atom stereocenters. The lowest BCUT2D eigenvalue weighted by Gasteiger charge is -2.08. The lowest BCUT2D eigenvalue weighted by atomic mass is 10.1. The fraction of sp³-hybridized carbons (Fsp3) is 0.444. The van der Waals surface area contributed by atoms with E-state index in [1.807, 2.05) is 0 Å². The van der Waals surface area contributed by atoms with Crippen LogP contribution in [0.2, 0.25) is 0 Å². The Morgan fingerprint density at radius 2 is 2.58 bits per heavy atom. The Labute approximate surface area is 76.7 Å². The molecule has 0 radical (unpaired) electrons. The van der Waals surface area contributed by atoms with Gasteiger partial charge in [-0.3, -0.25) is 0 Å². The van der Waals surface area contributed by atoms with Gasteiger partial charge in [-0.05, 0) is 12.5 Å². The summed E-state index contributed by atoms with van der Waals surface area (Å²) in [4.78, 5) is 7.64. The number of aromatic nitrogens is 2. The van der Waals surface area contributed by atoms with Crippen molar-refractivity contribution in [2.45, 2.75) is 25.1 Å². The van der Waals surface area contributed by atoms with E-state index in [2.05, 4.69) is 29.0 Å². The zero-order chi connectivity index (χ0) is 8.55. The Morgan fingerprint density at radius 1 is 1.75 bits per heavy atom. The van der Waals surface area contributed by atoms with Crippen LogP contribution >= 0.6 is 11.6 Å².